The van der Waals surface area contributed by atoms with E-state index in [1.54, 1.807) is 29.2 Å². The Hall–Kier alpha value is -3.38. The number of ketones is 1. The van der Waals surface area contributed by atoms with Crippen LogP contribution in [0.3, 0.4) is 0 Å². The fourth-order valence-corrected chi connectivity index (χ4v) is 3.78. The summed E-state index contributed by atoms with van der Waals surface area (Å²) in [7, 11) is 0. The van der Waals surface area contributed by atoms with E-state index in [9.17, 15) is 14.0 Å². The quantitative estimate of drug-likeness (QED) is 0.519. The molecule has 1 fully saturated rings. The van der Waals surface area contributed by atoms with E-state index in [4.69, 9.17) is 16.3 Å². The maximum absolute atomic E-state index is 13.0. The summed E-state index contributed by atoms with van der Waals surface area (Å²) in [5.41, 5.74) is 1.93. The summed E-state index contributed by atoms with van der Waals surface area (Å²) in [4.78, 5) is 29.0. The highest BCUT2D eigenvalue weighted by Gasteiger charge is 2.21. The number of benzene rings is 3. The highest BCUT2D eigenvalue weighted by molar-refractivity contribution is 6.30. The normalized spacial score (nSPS) is 13.7. The third-order valence-corrected chi connectivity index (χ3v) is 5.63. The molecule has 1 heterocycles. The average Bonchev–Trinajstić information content (AvgIpc) is 2.83. The molecule has 0 radical (unpaired) electrons. The van der Waals surface area contributed by atoms with Crippen LogP contribution < -0.4 is 9.64 Å². The smallest absolute Gasteiger partial charge is 0.260 e. The average molecular weight is 453 g/mol. The number of nitrogens with zero attached hydrogens (tertiary/aromatic N) is 2. The Morgan fingerprint density at radius 3 is 2.12 bits per heavy atom. The molecule has 0 aromatic heterocycles. The highest BCUT2D eigenvalue weighted by atomic mass is 35.5. The van der Waals surface area contributed by atoms with Crippen LogP contribution in [0.5, 0.6) is 5.75 Å². The van der Waals surface area contributed by atoms with Gasteiger partial charge in [-0.2, -0.15) is 0 Å². The van der Waals surface area contributed by atoms with Gasteiger partial charge in [-0.3, -0.25) is 9.59 Å². The number of carbonyl (C=O) groups is 2. The first-order valence-corrected chi connectivity index (χ1v) is 10.7. The van der Waals surface area contributed by atoms with E-state index >= 15 is 0 Å². The van der Waals surface area contributed by atoms with Crippen LogP contribution >= 0.6 is 11.6 Å². The number of ether oxygens (including phenoxy) is 1. The van der Waals surface area contributed by atoms with Gasteiger partial charge in [0.25, 0.3) is 5.91 Å². The fourth-order valence-electron chi connectivity index (χ4n) is 3.59. The maximum Gasteiger partial charge on any atom is 0.260 e. The largest absolute Gasteiger partial charge is 0.484 e. The first kappa shape index (κ1) is 21.8. The molecule has 0 spiro atoms. The van der Waals surface area contributed by atoms with Crippen molar-refractivity contribution in [3.05, 3.63) is 94.8 Å². The molecule has 1 aliphatic rings. The molecule has 3 aromatic rings. The molecule has 7 heteroatoms. The molecule has 0 saturated carbocycles. The Morgan fingerprint density at radius 2 is 1.50 bits per heavy atom. The number of hydrogen-bond donors (Lipinski definition) is 0. The predicted octanol–water partition coefficient (Wildman–Crippen LogP) is 4.44. The molecule has 0 atom stereocenters. The SMILES string of the molecule is O=C(c1ccc(F)cc1)c1ccc(OCC(=O)N2CCN(c3cccc(Cl)c3)CC2)cc1. The van der Waals surface area contributed by atoms with Crippen LogP contribution in [-0.2, 0) is 4.79 Å². The lowest BCUT2D eigenvalue weighted by molar-refractivity contribution is -0.133. The van der Waals surface area contributed by atoms with Gasteiger partial charge >= 0.3 is 0 Å². The van der Waals surface area contributed by atoms with Gasteiger partial charge < -0.3 is 14.5 Å². The van der Waals surface area contributed by atoms with Crippen molar-refractivity contribution in [3.63, 3.8) is 0 Å². The molecule has 0 bridgehead atoms. The minimum atomic E-state index is -0.388. The van der Waals surface area contributed by atoms with E-state index in [2.05, 4.69) is 4.90 Å². The number of anilines is 1. The number of rotatable bonds is 6. The first-order valence-electron chi connectivity index (χ1n) is 10.3. The van der Waals surface area contributed by atoms with Gasteiger partial charge in [0.1, 0.15) is 11.6 Å². The summed E-state index contributed by atoms with van der Waals surface area (Å²) in [6.45, 7) is 2.61. The Balaban J connectivity index is 1.27. The van der Waals surface area contributed by atoms with Crippen molar-refractivity contribution in [1.82, 2.24) is 4.90 Å². The second-order valence-corrected chi connectivity index (χ2v) is 7.93. The van der Waals surface area contributed by atoms with E-state index in [1.165, 1.54) is 24.3 Å². The summed E-state index contributed by atoms with van der Waals surface area (Å²) in [6.07, 6.45) is 0. The third kappa shape index (κ3) is 5.26. The van der Waals surface area contributed by atoms with Crippen LogP contribution in [0.4, 0.5) is 10.1 Å². The molecule has 5 nitrogen and oxygen atoms in total. The minimum absolute atomic E-state index is 0.0670. The molecule has 4 rings (SSSR count). The maximum atomic E-state index is 13.0. The summed E-state index contributed by atoms with van der Waals surface area (Å²) < 4.78 is 18.7. The topological polar surface area (TPSA) is 49.9 Å². The zero-order valence-electron chi connectivity index (χ0n) is 17.3. The van der Waals surface area contributed by atoms with Gasteiger partial charge in [0.2, 0.25) is 0 Å². The standard InChI is InChI=1S/C25H22ClFN2O3/c26-20-2-1-3-22(16-20)28-12-14-29(15-13-28)24(30)17-32-23-10-6-19(7-11-23)25(31)18-4-8-21(27)9-5-18/h1-11,16H,12-15,17H2. The molecule has 1 amide bonds. The Morgan fingerprint density at radius 1 is 0.875 bits per heavy atom. The summed E-state index contributed by atoms with van der Waals surface area (Å²) in [5, 5.41) is 0.694. The first-order chi connectivity index (χ1) is 15.5. The van der Waals surface area contributed by atoms with Crippen LogP contribution in [-0.4, -0.2) is 49.4 Å². The molecule has 0 N–H and O–H groups in total. The molecular formula is C25H22ClFN2O3. The van der Waals surface area contributed by atoms with Crippen LogP contribution in [0.1, 0.15) is 15.9 Å². The summed E-state index contributed by atoms with van der Waals surface area (Å²) in [6, 6.07) is 19.7. The van der Waals surface area contributed by atoms with Crippen molar-refractivity contribution in [3.8, 4) is 5.75 Å². The molecule has 1 saturated heterocycles. The lowest BCUT2D eigenvalue weighted by Gasteiger charge is -2.36. The van der Waals surface area contributed by atoms with Gasteiger partial charge in [0, 0.05) is 48.0 Å². The number of halogens is 2. The zero-order valence-corrected chi connectivity index (χ0v) is 18.1. The molecular weight excluding hydrogens is 431 g/mol. The van der Waals surface area contributed by atoms with Crippen LogP contribution in [0.2, 0.25) is 5.02 Å². The number of amides is 1. The van der Waals surface area contributed by atoms with Gasteiger partial charge in [0.05, 0.1) is 0 Å². The molecule has 1 aliphatic heterocycles. The second-order valence-electron chi connectivity index (χ2n) is 7.50. The van der Waals surface area contributed by atoms with Crippen molar-refractivity contribution in [2.24, 2.45) is 0 Å². The number of piperazine rings is 1. The van der Waals surface area contributed by atoms with Gasteiger partial charge in [0.15, 0.2) is 12.4 Å². The third-order valence-electron chi connectivity index (χ3n) is 5.39. The monoisotopic (exact) mass is 452 g/mol. The molecule has 164 valence electrons. The molecule has 3 aromatic carbocycles. The highest BCUT2D eigenvalue weighted by Crippen LogP contribution is 2.21. The van der Waals surface area contributed by atoms with E-state index < -0.39 is 0 Å². The van der Waals surface area contributed by atoms with Crippen molar-refractivity contribution < 1.29 is 18.7 Å². The van der Waals surface area contributed by atoms with E-state index in [0.29, 0.717) is 35.0 Å². The van der Waals surface area contributed by atoms with Crippen LogP contribution in [0.25, 0.3) is 0 Å². The summed E-state index contributed by atoms with van der Waals surface area (Å²) in [5.74, 6) is -0.167. The zero-order chi connectivity index (χ0) is 22.5. The van der Waals surface area contributed by atoms with Gasteiger partial charge in [-0.05, 0) is 66.7 Å². The van der Waals surface area contributed by atoms with Gasteiger partial charge in [-0.1, -0.05) is 17.7 Å². The van der Waals surface area contributed by atoms with Crippen molar-refractivity contribution in [1.29, 1.82) is 0 Å². The Bertz CT molecular complexity index is 1090. The molecule has 0 aliphatic carbocycles. The fraction of sp³-hybridized carbons (Fsp3) is 0.200. The summed E-state index contributed by atoms with van der Waals surface area (Å²) >= 11 is 6.07. The Kier molecular flexibility index (Phi) is 6.71. The van der Waals surface area contributed by atoms with Crippen molar-refractivity contribution >= 4 is 29.0 Å². The van der Waals surface area contributed by atoms with E-state index in [0.717, 1.165) is 18.8 Å². The number of carbonyl (C=O) groups excluding carboxylic acids is 2. The molecule has 32 heavy (non-hydrogen) atoms. The lowest BCUT2D eigenvalue weighted by Crippen LogP contribution is -2.50. The lowest BCUT2D eigenvalue weighted by atomic mass is 10.0. The second kappa shape index (κ2) is 9.83. The van der Waals surface area contributed by atoms with Crippen molar-refractivity contribution in [2.75, 3.05) is 37.7 Å². The van der Waals surface area contributed by atoms with Gasteiger partial charge in [-0.15, -0.1) is 0 Å². The van der Waals surface area contributed by atoms with Crippen LogP contribution in [0.15, 0.2) is 72.8 Å². The van der Waals surface area contributed by atoms with E-state index in [1.807, 2.05) is 24.3 Å². The van der Waals surface area contributed by atoms with Crippen molar-refractivity contribution in [2.45, 2.75) is 0 Å². The van der Waals surface area contributed by atoms with E-state index in [-0.39, 0.29) is 24.1 Å². The number of hydrogen-bond acceptors (Lipinski definition) is 4. The Labute approximate surface area is 191 Å². The van der Waals surface area contributed by atoms with Gasteiger partial charge in [-0.25, -0.2) is 4.39 Å². The minimum Gasteiger partial charge on any atom is -0.484 e. The molecule has 0 unspecified atom stereocenters. The predicted molar refractivity (Wildman–Crippen MR) is 122 cm³/mol. The van der Waals surface area contributed by atoms with Crippen LogP contribution in [0, 0.1) is 5.82 Å².